The van der Waals surface area contributed by atoms with Crippen LogP contribution in [-0.4, -0.2) is 19.0 Å². The Balaban J connectivity index is 1.86. The zero-order valence-electron chi connectivity index (χ0n) is 9.53. The van der Waals surface area contributed by atoms with Crippen molar-refractivity contribution in [2.24, 2.45) is 5.92 Å². The van der Waals surface area contributed by atoms with Crippen molar-refractivity contribution < 1.29 is 9.21 Å². The van der Waals surface area contributed by atoms with Gasteiger partial charge in [0.15, 0.2) is 0 Å². The Labute approximate surface area is 95.4 Å². The Bertz CT molecular complexity index is 329. The van der Waals surface area contributed by atoms with Gasteiger partial charge in [-0.1, -0.05) is 0 Å². The number of rotatable bonds is 3. The van der Waals surface area contributed by atoms with Gasteiger partial charge in [-0.3, -0.25) is 4.79 Å². The standard InChI is InChI=1S/C12H18N2O2/c1-9(11-5-3-7-16-11)14-12(15)10-4-2-6-13-8-10/h3,5,7,9-10,13H,2,4,6,8H2,1H3,(H,14,15)/t9-,10?/m1/s1. The van der Waals surface area contributed by atoms with E-state index in [-0.39, 0.29) is 17.9 Å². The monoisotopic (exact) mass is 222 g/mol. The topological polar surface area (TPSA) is 54.3 Å². The van der Waals surface area contributed by atoms with E-state index in [0.29, 0.717) is 0 Å². The first-order valence-electron chi connectivity index (χ1n) is 5.82. The molecule has 0 aliphatic carbocycles. The molecule has 1 aliphatic rings. The third-order valence-corrected chi connectivity index (χ3v) is 3.00. The van der Waals surface area contributed by atoms with Gasteiger partial charge in [0.2, 0.25) is 5.91 Å². The van der Waals surface area contributed by atoms with Crippen LogP contribution < -0.4 is 10.6 Å². The normalized spacial score (nSPS) is 22.7. The van der Waals surface area contributed by atoms with E-state index in [2.05, 4.69) is 10.6 Å². The van der Waals surface area contributed by atoms with Crippen molar-refractivity contribution in [3.05, 3.63) is 24.2 Å². The molecule has 1 fully saturated rings. The van der Waals surface area contributed by atoms with Crippen molar-refractivity contribution in [1.82, 2.24) is 10.6 Å². The summed E-state index contributed by atoms with van der Waals surface area (Å²) in [4.78, 5) is 11.9. The zero-order chi connectivity index (χ0) is 11.4. The number of nitrogens with one attached hydrogen (secondary N) is 2. The molecular weight excluding hydrogens is 204 g/mol. The van der Waals surface area contributed by atoms with Crippen LogP contribution in [0.25, 0.3) is 0 Å². The quantitative estimate of drug-likeness (QED) is 0.814. The minimum Gasteiger partial charge on any atom is -0.467 e. The van der Waals surface area contributed by atoms with Crippen molar-refractivity contribution in [3.8, 4) is 0 Å². The molecule has 2 N–H and O–H groups in total. The van der Waals surface area contributed by atoms with E-state index in [1.807, 2.05) is 19.1 Å². The Hall–Kier alpha value is -1.29. The lowest BCUT2D eigenvalue weighted by Gasteiger charge is -2.23. The number of carbonyl (C=O) groups excluding carboxylic acids is 1. The van der Waals surface area contributed by atoms with Gasteiger partial charge in [-0.05, 0) is 38.4 Å². The van der Waals surface area contributed by atoms with Crippen LogP contribution in [0.15, 0.2) is 22.8 Å². The fourth-order valence-corrected chi connectivity index (χ4v) is 2.02. The summed E-state index contributed by atoms with van der Waals surface area (Å²) in [5, 5.41) is 6.22. The highest BCUT2D eigenvalue weighted by Gasteiger charge is 2.22. The van der Waals surface area contributed by atoms with E-state index >= 15 is 0 Å². The number of hydrogen-bond donors (Lipinski definition) is 2. The molecule has 0 spiro atoms. The summed E-state index contributed by atoms with van der Waals surface area (Å²) in [6.45, 7) is 3.75. The smallest absolute Gasteiger partial charge is 0.224 e. The molecule has 1 saturated heterocycles. The SMILES string of the molecule is C[C@@H](NC(=O)C1CCCNC1)c1ccco1. The predicted octanol–water partition coefficient (Wildman–Crippen LogP) is 1.46. The molecule has 1 aliphatic heterocycles. The molecule has 0 bridgehead atoms. The second-order valence-corrected chi connectivity index (χ2v) is 4.29. The molecule has 1 aromatic heterocycles. The van der Waals surface area contributed by atoms with Crippen LogP contribution in [0.2, 0.25) is 0 Å². The lowest BCUT2D eigenvalue weighted by molar-refractivity contribution is -0.126. The molecule has 0 saturated carbocycles. The van der Waals surface area contributed by atoms with Crippen molar-refractivity contribution in [3.63, 3.8) is 0 Å². The van der Waals surface area contributed by atoms with Crippen LogP contribution in [0.3, 0.4) is 0 Å². The van der Waals surface area contributed by atoms with E-state index in [1.165, 1.54) is 0 Å². The van der Waals surface area contributed by atoms with Gasteiger partial charge in [-0.2, -0.15) is 0 Å². The average molecular weight is 222 g/mol. The molecule has 2 atom stereocenters. The van der Waals surface area contributed by atoms with Crippen molar-refractivity contribution >= 4 is 5.91 Å². The van der Waals surface area contributed by atoms with Gasteiger partial charge < -0.3 is 15.1 Å². The molecule has 4 nitrogen and oxygen atoms in total. The highest BCUT2D eigenvalue weighted by atomic mass is 16.3. The summed E-state index contributed by atoms with van der Waals surface area (Å²) in [6.07, 6.45) is 3.68. The molecule has 1 unspecified atom stereocenters. The number of amides is 1. The largest absolute Gasteiger partial charge is 0.467 e. The van der Waals surface area contributed by atoms with E-state index in [4.69, 9.17) is 4.42 Å². The first-order chi connectivity index (χ1) is 7.77. The highest BCUT2D eigenvalue weighted by Crippen LogP contribution is 2.15. The van der Waals surface area contributed by atoms with E-state index in [1.54, 1.807) is 6.26 Å². The zero-order valence-corrected chi connectivity index (χ0v) is 9.53. The molecule has 88 valence electrons. The third-order valence-electron chi connectivity index (χ3n) is 3.00. The molecule has 16 heavy (non-hydrogen) atoms. The maximum Gasteiger partial charge on any atom is 0.224 e. The van der Waals surface area contributed by atoms with Crippen LogP contribution in [0.1, 0.15) is 31.6 Å². The van der Waals surface area contributed by atoms with Gasteiger partial charge in [-0.15, -0.1) is 0 Å². The number of hydrogen-bond acceptors (Lipinski definition) is 3. The molecule has 1 amide bonds. The van der Waals surface area contributed by atoms with E-state index < -0.39 is 0 Å². The minimum atomic E-state index is -0.0515. The van der Waals surface area contributed by atoms with Crippen LogP contribution in [0.4, 0.5) is 0 Å². The molecule has 4 heteroatoms. The maximum absolute atomic E-state index is 11.9. The summed E-state index contributed by atoms with van der Waals surface area (Å²) in [6, 6.07) is 3.66. The minimum absolute atomic E-state index is 0.0515. The van der Waals surface area contributed by atoms with Crippen molar-refractivity contribution in [2.45, 2.75) is 25.8 Å². The van der Waals surface area contributed by atoms with Gasteiger partial charge in [0.1, 0.15) is 5.76 Å². The highest BCUT2D eigenvalue weighted by molar-refractivity contribution is 5.79. The summed E-state index contributed by atoms with van der Waals surface area (Å²) >= 11 is 0. The average Bonchev–Trinajstić information content (AvgIpc) is 2.83. The van der Waals surface area contributed by atoms with Gasteiger partial charge in [0, 0.05) is 6.54 Å². The fourth-order valence-electron chi connectivity index (χ4n) is 2.02. The maximum atomic E-state index is 11.9. The molecule has 2 rings (SSSR count). The molecule has 0 radical (unpaired) electrons. The lowest BCUT2D eigenvalue weighted by atomic mass is 9.98. The Morgan fingerprint density at radius 1 is 1.69 bits per heavy atom. The fraction of sp³-hybridized carbons (Fsp3) is 0.583. The van der Waals surface area contributed by atoms with Gasteiger partial charge in [-0.25, -0.2) is 0 Å². The van der Waals surface area contributed by atoms with Crippen LogP contribution in [0.5, 0.6) is 0 Å². The van der Waals surface area contributed by atoms with Gasteiger partial charge >= 0.3 is 0 Å². The van der Waals surface area contributed by atoms with Gasteiger partial charge in [0.25, 0.3) is 0 Å². The summed E-state index contributed by atoms with van der Waals surface area (Å²) in [7, 11) is 0. The summed E-state index contributed by atoms with van der Waals surface area (Å²) in [5.41, 5.74) is 0. The third kappa shape index (κ3) is 2.64. The summed E-state index contributed by atoms with van der Waals surface area (Å²) in [5.74, 6) is 1.03. The first-order valence-corrected chi connectivity index (χ1v) is 5.82. The predicted molar refractivity (Wildman–Crippen MR) is 60.9 cm³/mol. The van der Waals surface area contributed by atoms with Crippen molar-refractivity contribution in [2.75, 3.05) is 13.1 Å². The molecule has 0 aromatic carbocycles. The number of carbonyl (C=O) groups is 1. The molecule has 2 heterocycles. The molecular formula is C12H18N2O2. The summed E-state index contributed by atoms with van der Waals surface area (Å²) < 4.78 is 5.25. The Kier molecular flexibility index (Phi) is 3.62. The number of furan rings is 1. The van der Waals surface area contributed by atoms with E-state index in [9.17, 15) is 4.79 Å². The van der Waals surface area contributed by atoms with Crippen LogP contribution in [0, 0.1) is 5.92 Å². The van der Waals surface area contributed by atoms with Crippen molar-refractivity contribution in [1.29, 1.82) is 0 Å². The first kappa shape index (κ1) is 11.2. The number of piperidine rings is 1. The van der Waals surface area contributed by atoms with E-state index in [0.717, 1.165) is 31.7 Å². The van der Waals surface area contributed by atoms with Gasteiger partial charge in [0.05, 0.1) is 18.2 Å². The molecule has 1 aromatic rings. The Morgan fingerprint density at radius 3 is 3.19 bits per heavy atom. The second kappa shape index (κ2) is 5.16. The van der Waals surface area contributed by atoms with Crippen LogP contribution >= 0.6 is 0 Å². The lowest BCUT2D eigenvalue weighted by Crippen LogP contribution is -2.41. The Morgan fingerprint density at radius 2 is 2.56 bits per heavy atom. The second-order valence-electron chi connectivity index (χ2n) is 4.29. The van der Waals surface area contributed by atoms with Crippen LogP contribution in [-0.2, 0) is 4.79 Å².